The molecule has 1 heterocycles. The monoisotopic (exact) mass is 253 g/mol. The maximum Gasteiger partial charge on any atom is 0.303 e. The number of aliphatic carboxylic acids is 1. The van der Waals surface area contributed by atoms with Crippen molar-refractivity contribution in [2.24, 2.45) is 0 Å². The van der Waals surface area contributed by atoms with Gasteiger partial charge in [-0.2, -0.15) is 11.3 Å². The summed E-state index contributed by atoms with van der Waals surface area (Å²) in [4.78, 5) is 13.1. The van der Waals surface area contributed by atoms with Gasteiger partial charge in [-0.1, -0.05) is 0 Å². The van der Waals surface area contributed by atoms with Gasteiger partial charge in [-0.3, -0.25) is 9.69 Å². The average Bonchev–Trinajstić information content (AvgIpc) is 3.00. The second-order valence-electron chi connectivity index (χ2n) is 4.82. The molecule has 1 aliphatic carbocycles. The highest BCUT2D eigenvalue weighted by Crippen LogP contribution is 2.31. The quantitative estimate of drug-likeness (QED) is 0.812. The average molecular weight is 253 g/mol. The van der Waals surface area contributed by atoms with Crippen LogP contribution in [-0.4, -0.2) is 28.1 Å². The van der Waals surface area contributed by atoms with Gasteiger partial charge < -0.3 is 5.11 Å². The minimum Gasteiger partial charge on any atom is -0.481 e. The van der Waals surface area contributed by atoms with Gasteiger partial charge in [0.15, 0.2) is 0 Å². The molecule has 0 spiro atoms. The van der Waals surface area contributed by atoms with E-state index in [1.165, 1.54) is 18.4 Å². The third-order valence-corrected chi connectivity index (χ3v) is 4.04. The molecule has 0 radical (unpaired) electrons. The highest BCUT2D eigenvalue weighted by atomic mass is 32.1. The van der Waals surface area contributed by atoms with Crippen molar-refractivity contribution in [2.75, 3.05) is 0 Å². The zero-order valence-electron chi connectivity index (χ0n) is 10.1. The van der Waals surface area contributed by atoms with Gasteiger partial charge in [-0.25, -0.2) is 0 Å². The summed E-state index contributed by atoms with van der Waals surface area (Å²) in [6.07, 6.45) is 3.55. The van der Waals surface area contributed by atoms with Gasteiger partial charge in [0.2, 0.25) is 0 Å². The van der Waals surface area contributed by atoms with E-state index in [2.05, 4.69) is 28.7 Å². The Morgan fingerprint density at radius 1 is 1.65 bits per heavy atom. The number of nitrogens with zero attached hydrogens (tertiary/aromatic N) is 1. The van der Waals surface area contributed by atoms with Crippen LogP contribution >= 0.6 is 11.3 Å². The number of rotatable bonds is 7. The van der Waals surface area contributed by atoms with Crippen LogP contribution in [0.3, 0.4) is 0 Å². The van der Waals surface area contributed by atoms with Crippen LogP contribution < -0.4 is 0 Å². The van der Waals surface area contributed by atoms with E-state index in [0.29, 0.717) is 12.1 Å². The SMILES string of the molecule is CC(CCC(=O)O)N(Cc1ccsc1)C1CC1. The molecule has 1 atom stereocenters. The molecule has 1 aromatic heterocycles. The molecule has 0 amide bonds. The smallest absolute Gasteiger partial charge is 0.303 e. The zero-order chi connectivity index (χ0) is 12.3. The maximum absolute atomic E-state index is 10.6. The Bertz CT molecular complexity index is 360. The van der Waals surface area contributed by atoms with E-state index < -0.39 is 5.97 Å². The van der Waals surface area contributed by atoms with E-state index in [1.807, 2.05) is 0 Å². The van der Waals surface area contributed by atoms with Gasteiger partial charge in [0, 0.05) is 25.0 Å². The molecule has 1 saturated carbocycles. The van der Waals surface area contributed by atoms with Crippen molar-refractivity contribution in [1.82, 2.24) is 4.90 Å². The normalized spacial score (nSPS) is 17.3. The highest BCUT2D eigenvalue weighted by Gasteiger charge is 2.32. The predicted octanol–water partition coefficient (Wildman–Crippen LogP) is 2.97. The minimum absolute atomic E-state index is 0.272. The maximum atomic E-state index is 10.6. The van der Waals surface area contributed by atoms with E-state index in [9.17, 15) is 4.79 Å². The number of thiophene rings is 1. The van der Waals surface area contributed by atoms with Crippen molar-refractivity contribution < 1.29 is 9.90 Å². The molecule has 1 N–H and O–H groups in total. The molecular formula is C13H19NO2S. The van der Waals surface area contributed by atoms with Crippen LogP contribution in [0, 0.1) is 0 Å². The molecule has 0 saturated heterocycles. The van der Waals surface area contributed by atoms with Crippen LogP contribution in [0.2, 0.25) is 0 Å². The first-order valence-electron chi connectivity index (χ1n) is 6.15. The number of hydrogen-bond donors (Lipinski definition) is 1. The first-order valence-corrected chi connectivity index (χ1v) is 7.09. The first kappa shape index (κ1) is 12.6. The van der Waals surface area contributed by atoms with E-state index in [1.54, 1.807) is 11.3 Å². The fraction of sp³-hybridized carbons (Fsp3) is 0.615. The molecule has 4 heteroatoms. The summed E-state index contributed by atoms with van der Waals surface area (Å²) in [5, 5.41) is 13.0. The van der Waals surface area contributed by atoms with Crippen LogP contribution in [0.25, 0.3) is 0 Å². The molecule has 94 valence electrons. The highest BCUT2D eigenvalue weighted by molar-refractivity contribution is 7.07. The van der Waals surface area contributed by atoms with Gasteiger partial charge in [0.05, 0.1) is 0 Å². The third kappa shape index (κ3) is 3.82. The van der Waals surface area contributed by atoms with E-state index in [0.717, 1.165) is 13.0 Å². The van der Waals surface area contributed by atoms with Crippen molar-refractivity contribution in [3.8, 4) is 0 Å². The van der Waals surface area contributed by atoms with Gasteiger partial charge >= 0.3 is 5.97 Å². The second kappa shape index (κ2) is 5.65. The summed E-state index contributed by atoms with van der Waals surface area (Å²) >= 11 is 1.72. The summed E-state index contributed by atoms with van der Waals surface area (Å²) in [6.45, 7) is 3.11. The van der Waals surface area contributed by atoms with Gasteiger partial charge in [0.25, 0.3) is 0 Å². The van der Waals surface area contributed by atoms with Crippen LogP contribution in [0.4, 0.5) is 0 Å². The first-order chi connectivity index (χ1) is 8.16. The number of carboxylic acids is 1. The fourth-order valence-corrected chi connectivity index (χ4v) is 2.80. The van der Waals surface area contributed by atoms with E-state index in [4.69, 9.17) is 5.11 Å². The largest absolute Gasteiger partial charge is 0.481 e. The molecule has 0 aromatic carbocycles. The second-order valence-corrected chi connectivity index (χ2v) is 5.60. The van der Waals surface area contributed by atoms with Crippen LogP contribution in [0.1, 0.15) is 38.2 Å². The van der Waals surface area contributed by atoms with E-state index >= 15 is 0 Å². The summed E-state index contributed by atoms with van der Waals surface area (Å²) in [5.41, 5.74) is 1.35. The molecule has 2 rings (SSSR count). The fourth-order valence-electron chi connectivity index (χ4n) is 2.14. The lowest BCUT2D eigenvalue weighted by Gasteiger charge is -2.28. The van der Waals surface area contributed by atoms with Crippen LogP contribution in [-0.2, 0) is 11.3 Å². The lowest BCUT2D eigenvalue weighted by Crippen LogP contribution is -2.34. The molecule has 1 fully saturated rings. The summed E-state index contributed by atoms with van der Waals surface area (Å²) < 4.78 is 0. The zero-order valence-corrected chi connectivity index (χ0v) is 10.9. The van der Waals surface area contributed by atoms with Crippen molar-refractivity contribution in [2.45, 2.75) is 51.2 Å². The van der Waals surface area contributed by atoms with Gasteiger partial charge in [-0.15, -0.1) is 0 Å². The van der Waals surface area contributed by atoms with Crippen molar-refractivity contribution in [3.63, 3.8) is 0 Å². The number of carbonyl (C=O) groups is 1. The minimum atomic E-state index is -0.692. The lowest BCUT2D eigenvalue weighted by molar-refractivity contribution is -0.137. The Hall–Kier alpha value is -0.870. The predicted molar refractivity (Wildman–Crippen MR) is 69.2 cm³/mol. The Balaban J connectivity index is 1.89. The van der Waals surface area contributed by atoms with Gasteiger partial charge in [-0.05, 0) is 48.6 Å². The number of carboxylic acid groups (broad SMARTS) is 1. The molecular weight excluding hydrogens is 234 g/mol. The number of hydrogen-bond acceptors (Lipinski definition) is 3. The standard InChI is InChI=1S/C13H19NO2S/c1-10(2-5-13(15)16)14(12-3-4-12)8-11-6-7-17-9-11/h6-7,9-10,12H,2-5,8H2,1H3,(H,15,16). The molecule has 1 aliphatic rings. The van der Waals surface area contributed by atoms with Crippen LogP contribution in [0.5, 0.6) is 0 Å². The topological polar surface area (TPSA) is 40.5 Å². The molecule has 17 heavy (non-hydrogen) atoms. The van der Waals surface area contributed by atoms with Crippen molar-refractivity contribution in [3.05, 3.63) is 22.4 Å². The summed E-state index contributed by atoms with van der Waals surface area (Å²) in [6, 6.07) is 3.20. The summed E-state index contributed by atoms with van der Waals surface area (Å²) in [5.74, 6) is -0.692. The Morgan fingerprint density at radius 3 is 2.94 bits per heavy atom. The Labute approximate surface area is 106 Å². The van der Waals surface area contributed by atoms with Gasteiger partial charge in [0.1, 0.15) is 0 Å². The van der Waals surface area contributed by atoms with Crippen LogP contribution in [0.15, 0.2) is 16.8 Å². The lowest BCUT2D eigenvalue weighted by atomic mass is 10.1. The molecule has 3 nitrogen and oxygen atoms in total. The summed E-state index contributed by atoms with van der Waals surface area (Å²) in [7, 11) is 0. The molecule has 1 unspecified atom stereocenters. The molecule has 1 aromatic rings. The van der Waals surface area contributed by atoms with Crippen molar-refractivity contribution in [1.29, 1.82) is 0 Å². The third-order valence-electron chi connectivity index (χ3n) is 3.30. The molecule has 0 aliphatic heterocycles. The van der Waals surface area contributed by atoms with E-state index in [-0.39, 0.29) is 6.42 Å². The Morgan fingerprint density at radius 2 is 2.41 bits per heavy atom. The molecule has 0 bridgehead atoms. The Kier molecular flexibility index (Phi) is 4.18. The van der Waals surface area contributed by atoms with Crippen molar-refractivity contribution >= 4 is 17.3 Å².